The highest BCUT2D eigenvalue weighted by molar-refractivity contribution is 5.74. The Hall–Kier alpha value is -1.56. The second kappa shape index (κ2) is 8.21. The number of aliphatic hydroxyl groups is 1. The Kier molecular flexibility index (Phi) is 5.99. The molecule has 2 heterocycles. The molecule has 1 aromatic rings. The number of rotatable bonds is 4. The van der Waals surface area contributed by atoms with Crippen LogP contribution in [0.2, 0.25) is 0 Å². The summed E-state index contributed by atoms with van der Waals surface area (Å²) in [7, 11) is 1.89. The molecule has 1 aliphatic carbocycles. The van der Waals surface area contributed by atoms with Gasteiger partial charge < -0.3 is 19.9 Å². The molecule has 2 fully saturated rings. The van der Waals surface area contributed by atoms with Crippen LogP contribution in [0.4, 0.5) is 4.79 Å². The molecule has 6 heteroatoms. The maximum absolute atomic E-state index is 12.6. The normalized spacial score (nSPS) is 28.6. The minimum atomic E-state index is -0.616. The Labute approximate surface area is 150 Å². The number of imidazole rings is 1. The summed E-state index contributed by atoms with van der Waals surface area (Å²) in [5.74, 6) is 2.13. The molecule has 1 aliphatic heterocycles. The molecular formula is C19H32N4O2. The fourth-order valence-electron chi connectivity index (χ4n) is 4.41. The number of aliphatic hydroxyl groups excluding tert-OH is 1. The first kappa shape index (κ1) is 18.2. The standard InChI is InChI=1S/C19H32N4O2/c1-14-5-3-6-15(11-14)12-21-19(25)23-9-4-7-16(13-23)17(24)18-20-8-10-22(18)2/h8,10,14-17,24H,3-7,9,11-13H2,1-2H3,(H,21,25). The predicted molar refractivity (Wildman–Crippen MR) is 97.0 cm³/mol. The van der Waals surface area contributed by atoms with E-state index in [9.17, 15) is 9.90 Å². The molecule has 2 aliphatic rings. The topological polar surface area (TPSA) is 70.4 Å². The van der Waals surface area contributed by atoms with Gasteiger partial charge in [0.1, 0.15) is 11.9 Å². The third-order valence-corrected chi connectivity index (χ3v) is 5.90. The van der Waals surface area contributed by atoms with Crippen molar-refractivity contribution in [3.05, 3.63) is 18.2 Å². The molecule has 3 rings (SSSR count). The number of aromatic nitrogens is 2. The fourth-order valence-corrected chi connectivity index (χ4v) is 4.41. The van der Waals surface area contributed by atoms with Crippen molar-refractivity contribution in [2.24, 2.45) is 24.8 Å². The molecule has 0 radical (unpaired) electrons. The van der Waals surface area contributed by atoms with Gasteiger partial charge in [-0.05, 0) is 37.5 Å². The van der Waals surface area contributed by atoms with Crippen molar-refractivity contribution in [1.29, 1.82) is 0 Å². The molecule has 1 saturated heterocycles. The molecule has 4 atom stereocenters. The first-order chi connectivity index (χ1) is 12.0. The lowest BCUT2D eigenvalue weighted by Crippen LogP contribution is -2.48. The zero-order chi connectivity index (χ0) is 17.8. The summed E-state index contributed by atoms with van der Waals surface area (Å²) in [6.45, 7) is 4.46. The largest absolute Gasteiger partial charge is 0.385 e. The maximum Gasteiger partial charge on any atom is 0.317 e. The van der Waals surface area contributed by atoms with Gasteiger partial charge in [0.05, 0.1) is 0 Å². The summed E-state index contributed by atoms with van der Waals surface area (Å²) in [6, 6.07) is 0.0231. The highest BCUT2D eigenvalue weighted by Crippen LogP contribution is 2.30. The van der Waals surface area contributed by atoms with E-state index in [1.165, 1.54) is 25.7 Å². The Bertz CT molecular complexity index is 574. The molecule has 2 amide bonds. The number of piperidine rings is 1. The van der Waals surface area contributed by atoms with E-state index in [4.69, 9.17) is 0 Å². The number of aryl methyl sites for hydroxylation is 1. The lowest BCUT2D eigenvalue weighted by Gasteiger charge is -2.35. The van der Waals surface area contributed by atoms with Gasteiger partial charge in [0, 0.05) is 45.0 Å². The summed E-state index contributed by atoms with van der Waals surface area (Å²) >= 11 is 0. The first-order valence-electron chi connectivity index (χ1n) is 9.72. The van der Waals surface area contributed by atoms with Gasteiger partial charge in [0.15, 0.2) is 0 Å². The number of amides is 2. The number of nitrogens with zero attached hydrogens (tertiary/aromatic N) is 3. The SMILES string of the molecule is CC1CCCC(CNC(=O)N2CCCC(C(O)c3nccn3C)C2)C1. The van der Waals surface area contributed by atoms with Crippen LogP contribution in [0.1, 0.15) is 57.4 Å². The second-order valence-corrected chi connectivity index (χ2v) is 8.01. The van der Waals surface area contributed by atoms with E-state index in [-0.39, 0.29) is 11.9 Å². The summed E-state index contributed by atoms with van der Waals surface area (Å²) in [6.07, 6.45) is 9.85. The fraction of sp³-hybridized carbons (Fsp3) is 0.789. The zero-order valence-electron chi connectivity index (χ0n) is 15.5. The van der Waals surface area contributed by atoms with Crippen LogP contribution < -0.4 is 5.32 Å². The van der Waals surface area contributed by atoms with Crippen LogP contribution in [0.5, 0.6) is 0 Å². The quantitative estimate of drug-likeness (QED) is 0.879. The van der Waals surface area contributed by atoms with Gasteiger partial charge in [0.25, 0.3) is 0 Å². The van der Waals surface area contributed by atoms with E-state index in [1.807, 2.05) is 22.7 Å². The van der Waals surface area contributed by atoms with Gasteiger partial charge in [-0.3, -0.25) is 0 Å². The molecule has 4 unspecified atom stereocenters. The summed E-state index contributed by atoms with van der Waals surface area (Å²) < 4.78 is 1.86. The van der Waals surface area contributed by atoms with Crippen LogP contribution in [0.3, 0.4) is 0 Å². The molecule has 0 spiro atoms. The number of carbonyl (C=O) groups excluding carboxylic acids is 1. The summed E-state index contributed by atoms with van der Waals surface area (Å²) in [4.78, 5) is 18.7. The smallest absolute Gasteiger partial charge is 0.317 e. The average Bonchev–Trinajstić information content (AvgIpc) is 3.05. The van der Waals surface area contributed by atoms with Gasteiger partial charge in [-0.1, -0.05) is 19.8 Å². The molecule has 140 valence electrons. The number of urea groups is 1. The van der Waals surface area contributed by atoms with E-state index < -0.39 is 6.10 Å². The molecule has 0 bridgehead atoms. The summed E-state index contributed by atoms with van der Waals surface area (Å²) in [5, 5.41) is 13.8. The van der Waals surface area contributed by atoms with Crippen LogP contribution in [0, 0.1) is 17.8 Å². The van der Waals surface area contributed by atoms with Crippen molar-refractivity contribution >= 4 is 6.03 Å². The van der Waals surface area contributed by atoms with Gasteiger partial charge in [-0.25, -0.2) is 9.78 Å². The minimum Gasteiger partial charge on any atom is -0.385 e. The molecule has 1 aromatic heterocycles. The Morgan fingerprint density at radius 1 is 1.40 bits per heavy atom. The highest BCUT2D eigenvalue weighted by atomic mass is 16.3. The van der Waals surface area contributed by atoms with E-state index in [1.54, 1.807) is 6.20 Å². The zero-order valence-corrected chi connectivity index (χ0v) is 15.5. The average molecular weight is 348 g/mol. The first-order valence-corrected chi connectivity index (χ1v) is 9.72. The van der Waals surface area contributed by atoms with Crippen molar-refractivity contribution in [2.45, 2.75) is 51.6 Å². The Morgan fingerprint density at radius 3 is 2.96 bits per heavy atom. The molecule has 0 aromatic carbocycles. The lowest BCUT2D eigenvalue weighted by molar-refractivity contribution is 0.0530. The van der Waals surface area contributed by atoms with Gasteiger partial charge >= 0.3 is 6.03 Å². The van der Waals surface area contributed by atoms with Crippen molar-refractivity contribution in [3.8, 4) is 0 Å². The molecule has 2 N–H and O–H groups in total. The van der Waals surface area contributed by atoms with Gasteiger partial charge in [-0.15, -0.1) is 0 Å². The van der Waals surface area contributed by atoms with Crippen LogP contribution in [-0.2, 0) is 7.05 Å². The number of carbonyl (C=O) groups is 1. The van der Waals surface area contributed by atoms with Gasteiger partial charge in [0.2, 0.25) is 0 Å². The van der Waals surface area contributed by atoms with Crippen LogP contribution in [0.25, 0.3) is 0 Å². The molecule has 1 saturated carbocycles. The molecule has 6 nitrogen and oxygen atoms in total. The number of nitrogens with one attached hydrogen (secondary N) is 1. The molecule has 25 heavy (non-hydrogen) atoms. The third-order valence-electron chi connectivity index (χ3n) is 5.90. The Morgan fingerprint density at radius 2 is 2.24 bits per heavy atom. The second-order valence-electron chi connectivity index (χ2n) is 8.01. The Balaban J connectivity index is 1.50. The lowest BCUT2D eigenvalue weighted by atomic mass is 9.82. The van der Waals surface area contributed by atoms with E-state index >= 15 is 0 Å². The van der Waals surface area contributed by atoms with Crippen LogP contribution in [-0.4, -0.2) is 45.2 Å². The molecular weight excluding hydrogens is 316 g/mol. The predicted octanol–water partition coefficient (Wildman–Crippen LogP) is 2.70. The van der Waals surface area contributed by atoms with Crippen LogP contribution >= 0.6 is 0 Å². The number of hydrogen-bond donors (Lipinski definition) is 2. The number of likely N-dealkylation sites (tertiary alicyclic amines) is 1. The summed E-state index contributed by atoms with van der Waals surface area (Å²) in [5.41, 5.74) is 0. The van der Waals surface area contributed by atoms with E-state index in [2.05, 4.69) is 17.2 Å². The highest BCUT2D eigenvalue weighted by Gasteiger charge is 2.31. The monoisotopic (exact) mass is 348 g/mol. The van der Waals surface area contributed by atoms with Gasteiger partial charge in [-0.2, -0.15) is 0 Å². The van der Waals surface area contributed by atoms with Crippen molar-refractivity contribution < 1.29 is 9.90 Å². The minimum absolute atomic E-state index is 0.0231. The van der Waals surface area contributed by atoms with Crippen LogP contribution in [0.15, 0.2) is 12.4 Å². The number of hydrogen-bond acceptors (Lipinski definition) is 3. The van der Waals surface area contributed by atoms with E-state index in [0.717, 1.165) is 31.8 Å². The van der Waals surface area contributed by atoms with Crippen molar-refractivity contribution in [1.82, 2.24) is 19.8 Å². The van der Waals surface area contributed by atoms with Crippen molar-refractivity contribution in [2.75, 3.05) is 19.6 Å². The van der Waals surface area contributed by atoms with Crippen molar-refractivity contribution in [3.63, 3.8) is 0 Å². The maximum atomic E-state index is 12.6. The third kappa shape index (κ3) is 4.54. The van der Waals surface area contributed by atoms with E-state index in [0.29, 0.717) is 18.3 Å².